The molecule has 0 amide bonds. The second kappa shape index (κ2) is 4.92. The molecule has 1 saturated heterocycles. The van der Waals surface area contributed by atoms with Gasteiger partial charge in [0.1, 0.15) is 16.2 Å². The predicted octanol–water partition coefficient (Wildman–Crippen LogP) is 2.88. The van der Waals surface area contributed by atoms with Gasteiger partial charge in [0.15, 0.2) is 0 Å². The number of hydrogen-bond donors (Lipinski definition) is 0. The molecule has 1 fully saturated rings. The summed E-state index contributed by atoms with van der Waals surface area (Å²) in [4.78, 5) is 11.1. The highest BCUT2D eigenvalue weighted by Crippen LogP contribution is 2.28. The molecule has 0 bridgehead atoms. The van der Waals surface area contributed by atoms with E-state index in [-0.39, 0.29) is 0 Å². The summed E-state index contributed by atoms with van der Waals surface area (Å²) in [7, 11) is 0. The van der Waals surface area contributed by atoms with E-state index in [2.05, 4.69) is 44.6 Å². The van der Waals surface area contributed by atoms with E-state index < -0.39 is 0 Å². The predicted molar refractivity (Wildman–Crippen MR) is 73.2 cm³/mol. The standard InChI is InChI=1S/C11H16BrN3S/c1-7-8(2)16-5-4-15(7)11-6-10(12)13-9(3)14-11/h6-8H,4-5H2,1-3H3. The van der Waals surface area contributed by atoms with Gasteiger partial charge < -0.3 is 4.90 Å². The van der Waals surface area contributed by atoms with Crippen molar-refractivity contribution in [1.82, 2.24) is 9.97 Å². The molecule has 0 spiro atoms. The summed E-state index contributed by atoms with van der Waals surface area (Å²) in [5, 5.41) is 0.655. The molecule has 1 aromatic rings. The largest absolute Gasteiger partial charge is 0.352 e. The van der Waals surface area contributed by atoms with Gasteiger partial charge in [-0.05, 0) is 29.8 Å². The molecule has 0 aliphatic carbocycles. The molecule has 2 atom stereocenters. The minimum atomic E-state index is 0.528. The number of anilines is 1. The summed E-state index contributed by atoms with van der Waals surface area (Å²) in [6.45, 7) is 7.55. The van der Waals surface area contributed by atoms with E-state index in [0.717, 1.165) is 22.8 Å². The average Bonchev–Trinajstić information content (AvgIpc) is 2.20. The zero-order valence-electron chi connectivity index (χ0n) is 9.77. The first kappa shape index (κ1) is 12.2. The first-order valence-corrected chi connectivity index (χ1v) is 7.31. The lowest BCUT2D eigenvalue weighted by molar-refractivity contribution is 0.618. The molecule has 3 nitrogen and oxygen atoms in total. The number of rotatable bonds is 1. The molecule has 2 heterocycles. The molecule has 1 aromatic heterocycles. The van der Waals surface area contributed by atoms with Gasteiger partial charge in [0.25, 0.3) is 0 Å². The normalized spacial score (nSPS) is 25.9. The molecule has 1 aliphatic heterocycles. The summed E-state index contributed by atoms with van der Waals surface area (Å²) in [5.74, 6) is 3.04. The number of thioether (sulfide) groups is 1. The van der Waals surface area contributed by atoms with Crippen LogP contribution >= 0.6 is 27.7 Å². The van der Waals surface area contributed by atoms with Gasteiger partial charge in [-0.25, -0.2) is 9.97 Å². The van der Waals surface area contributed by atoms with Crippen LogP contribution in [-0.4, -0.2) is 33.6 Å². The fourth-order valence-corrected chi connectivity index (χ4v) is 3.48. The Kier molecular flexibility index (Phi) is 3.74. The first-order valence-electron chi connectivity index (χ1n) is 5.47. The van der Waals surface area contributed by atoms with Gasteiger partial charge in [0.05, 0.1) is 0 Å². The van der Waals surface area contributed by atoms with Crippen LogP contribution in [0.25, 0.3) is 0 Å². The van der Waals surface area contributed by atoms with Crippen LogP contribution in [0, 0.1) is 6.92 Å². The van der Waals surface area contributed by atoms with Crippen LogP contribution in [0.2, 0.25) is 0 Å². The number of nitrogens with zero attached hydrogens (tertiary/aromatic N) is 3. The molecule has 0 N–H and O–H groups in total. The Morgan fingerprint density at radius 2 is 2.19 bits per heavy atom. The Labute approximate surface area is 109 Å². The third-order valence-electron chi connectivity index (χ3n) is 2.97. The van der Waals surface area contributed by atoms with Crippen LogP contribution in [-0.2, 0) is 0 Å². The van der Waals surface area contributed by atoms with Crippen molar-refractivity contribution in [1.29, 1.82) is 0 Å². The Bertz CT molecular complexity index is 365. The van der Waals surface area contributed by atoms with E-state index in [0.29, 0.717) is 11.3 Å². The van der Waals surface area contributed by atoms with E-state index in [1.165, 1.54) is 5.75 Å². The maximum absolute atomic E-state index is 4.52. The highest BCUT2D eigenvalue weighted by atomic mass is 79.9. The van der Waals surface area contributed by atoms with E-state index in [1.807, 2.05) is 24.8 Å². The lowest BCUT2D eigenvalue weighted by Gasteiger charge is -2.38. The van der Waals surface area contributed by atoms with Crippen LogP contribution in [0.1, 0.15) is 19.7 Å². The molecular weight excluding hydrogens is 286 g/mol. The van der Waals surface area contributed by atoms with Gasteiger partial charge in [-0.15, -0.1) is 0 Å². The zero-order chi connectivity index (χ0) is 11.7. The van der Waals surface area contributed by atoms with E-state index >= 15 is 0 Å². The van der Waals surface area contributed by atoms with Crippen molar-refractivity contribution in [3.05, 3.63) is 16.5 Å². The Morgan fingerprint density at radius 1 is 1.44 bits per heavy atom. The molecule has 2 rings (SSSR count). The van der Waals surface area contributed by atoms with Crippen molar-refractivity contribution < 1.29 is 0 Å². The summed E-state index contributed by atoms with van der Waals surface area (Å²) in [5.41, 5.74) is 0. The Hall–Kier alpha value is -0.290. The van der Waals surface area contributed by atoms with E-state index in [9.17, 15) is 0 Å². The summed E-state index contributed by atoms with van der Waals surface area (Å²) in [6, 6.07) is 2.53. The van der Waals surface area contributed by atoms with Crippen molar-refractivity contribution in [3.8, 4) is 0 Å². The second-order valence-electron chi connectivity index (χ2n) is 4.11. The molecule has 0 saturated carbocycles. The summed E-state index contributed by atoms with van der Waals surface area (Å²) >= 11 is 5.47. The first-order chi connectivity index (χ1) is 7.58. The Morgan fingerprint density at radius 3 is 2.88 bits per heavy atom. The number of halogens is 1. The maximum Gasteiger partial charge on any atom is 0.133 e. The van der Waals surface area contributed by atoms with Crippen LogP contribution in [0.4, 0.5) is 5.82 Å². The fraction of sp³-hybridized carbons (Fsp3) is 0.636. The quantitative estimate of drug-likeness (QED) is 0.746. The van der Waals surface area contributed by atoms with Crippen molar-refractivity contribution in [2.75, 3.05) is 17.2 Å². The molecule has 0 aromatic carbocycles. The summed E-state index contributed by atoms with van der Waals surface area (Å²) in [6.07, 6.45) is 0. The van der Waals surface area contributed by atoms with Gasteiger partial charge in [0.2, 0.25) is 0 Å². The van der Waals surface area contributed by atoms with Crippen molar-refractivity contribution >= 4 is 33.5 Å². The summed E-state index contributed by atoms with van der Waals surface area (Å²) < 4.78 is 0.869. The van der Waals surface area contributed by atoms with Gasteiger partial charge in [-0.3, -0.25) is 0 Å². The molecule has 88 valence electrons. The van der Waals surface area contributed by atoms with Crippen LogP contribution in [0.3, 0.4) is 0 Å². The third kappa shape index (κ3) is 2.51. The van der Waals surface area contributed by atoms with Crippen molar-refractivity contribution in [2.45, 2.75) is 32.1 Å². The topological polar surface area (TPSA) is 29.0 Å². The highest BCUT2D eigenvalue weighted by Gasteiger charge is 2.26. The van der Waals surface area contributed by atoms with Crippen molar-refractivity contribution in [2.24, 2.45) is 0 Å². The van der Waals surface area contributed by atoms with Crippen LogP contribution < -0.4 is 4.90 Å². The number of hydrogen-bond acceptors (Lipinski definition) is 4. The molecule has 16 heavy (non-hydrogen) atoms. The molecule has 5 heteroatoms. The molecule has 1 aliphatic rings. The average molecular weight is 302 g/mol. The van der Waals surface area contributed by atoms with E-state index in [4.69, 9.17) is 0 Å². The van der Waals surface area contributed by atoms with Crippen molar-refractivity contribution in [3.63, 3.8) is 0 Å². The SMILES string of the molecule is Cc1nc(Br)cc(N2CCSC(C)C2C)n1. The Balaban J connectivity index is 2.28. The minimum Gasteiger partial charge on any atom is -0.352 e. The smallest absolute Gasteiger partial charge is 0.133 e. The molecular formula is C11H16BrN3S. The maximum atomic E-state index is 4.52. The number of aryl methyl sites for hydroxylation is 1. The van der Waals surface area contributed by atoms with Crippen LogP contribution in [0.15, 0.2) is 10.7 Å². The van der Waals surface area contributed by atoms with Gasteiger partial charge in [-0.2, -0.15) is 11.8 Å². The zero-order valence-corrected chi connectivity index (χ0v) is 12.2. The van der Waals surface area contributed by atoms with E-state index in [1.54, 1.807) is 0 Å². The lowest BCUT2D eigenvalue weighted by Crippen LogP contribution is -2.45. The van der Waals surface area contributed by atoms with Crippen LogP contribution in [0.5, 0.6) is 0 Å². The minimum absolute atomic E-state index is 0.528. The fourth-order valence-electron chi connectivity index (χ4n) is 1.92. The van der Waals surface area contributed by atoms with Gasteiger partial charge in [0, 0.05) is 29.7 Å². The highest BCUT2D eigenvalue weighted by molar-refractivity contribution is 9.10. The third-order valence-corrected chi connectivity index (χ3v) is 4.72. The van der Waals surface area contributed by atoms with Gasteiger partial charge >= 0.3 is 0 Å². The molecule has 2 unspecified atom stereocenters. The lowest BCUT2D eigenvalue weighted by atomic mass is 10.2. The molecule has 0 radical (unpaired) electrons. The number of aromatic nitrogens is 2. The monoisotopic (exact) mass is 301 g/mol. The second-order valence-corrected chi connectivity index (χ2v) is 6.40. The van der Waals surface area contributed by atoms with Gasteiger partial charge in [-0.1, -0.05) is 6.92 Å².